The number of aliphatic hydroxyl groups excluding tert-OH is 1. The number of hydrogen-bond donors (Lipinski definition) is 1. The van der Waals surface area contributed by atoms with Gasteiger partial charge in [0.25, 0.3) is 5.95 Å². The first-order valence-corrected chi connectivity index (χ1v) is 10.0. The lowest BCUT2D eigenvalue weighted by Gasteiger charge is -2.37. The Morgan fingerprint density at radius 1 is 0.931 bits per heavy atom. The van der Waals surface area contributed by atoms with Gasteiger partial charge in [-0.3, -0.25) is 4.79 Å². The van der Waals surface area contributed by atoms with Gasteiger partial charge in [-0.15, -0.1) is 0 Å². The zero-order valence-corrected chi connectivity index (χ0v) is 16.7. The Morgan fingerprint density at radius 3 is 2.10 bits per heavy atom. The molecule has 0 aromatic heterocycles. The van der Waals surface area contributed by atoms with Crippen LogP contribution in [0.2, 0.25) is 0 Å². The van der Waals surface area contributed by atoms with Crippen LogP contribution in [0.1, 0.15) is 17.5 Å². The quantitative estimate of drug-likeness (QED) is 0.613. The molecule has 4 nitrogen and oxygen atoms in total. The minimum absolute atomic E-state index is 0.0946. The number of carbonyl (C=O) groups excluding carboxylic acids is 1. The van der Waals surface area contributed by atoms with Crippen molar-refractivity contribution in [1.82, 2.24) is 0 Å². The molecule has 0 fully saturated rings. The molecule has 29 heavy (non-hydrogen) atoms. The van der Waals surface area contributed by atoms with E-state index in [1.54, 1.807) is 7.11 Å². The number of aliphatic hydroxyl groups is 1. The Morgan fingerprint density at radius 2 is 1.55 bits per heavy atom. The standard InChI is InChI=1S/C24H20O4S/c1-27-19-13-8-14-20(15-19)29-22-21(25)16-24(28-23(22)26,17-9-4-2-5-10-17)18-11-6-3-7-12-18/h2-15,26H,16H2,1H3. The van der Waals surface area contributed by atoms with Crippen molar-refractivity contribution in [3.8, 4) is 5.75 Å². The fourth-order valence-corrected chi connectivity index (χ4v) is 4.33. The van der Waals surface area contributed by atoms with E-state index < -0.39 is 5.60 Å². The van der Waals surface area contributed by atoms with E-state index in [4.69, 9.17) is 9.47 Å². The van der Waals surface area contributed by atoms with Gasteiger partial charge >= 0.3 is 0 Å². The van der Waals surface area contributed by atoms with Crippen LogP contribution in [0.5, 0.6) is 5.75 Å². The van der Waals surface area contributed by atoms with Gasteiger partial charge in [0.2, 0.25) is 0 Å². The van der Waals surface area contributed by atoms with Gasteiger partial charge in [0.15, 0.2) is 11.4 Å². The molecule has 0 amide bonds. The third-order valence-corrected chi connectivity index (χ3v) is 5.97. The van der Waals surface area contributed by atoms with E-state index >= 15 is 0 Å². The van der Waals surface area contributed by atoms with Crippen molar-refractivity contribution in [2.24, 2.45) is 0 Å². The van der Waals surface area contributed by atoms with Crippen LogP contribution in [0.4, 0.5) is 0 Å². The molecule has 0 spiro atoms. The lowest BCUT2D eigenvalue weighted by molar-refractivity contribution is -0.126. The summed E-state index contributed by atoms with van der Waals surface area (Å²) in [5.41, 5.74) is 0.565. The molecular weight excluding hydrogens is 384 g/mol. The molecule has 1 aliphatic rings. The van der Waals surface area contributed by atoms with Gasteiger partial charge in [0, 0.05) is 16.0 Å². The number of Topliss-reactive ketones (excluding diaryl/α,β-unsaturated/α-hetero) is 1. The summed E-state index contributed by atoms with van der Waals surface area (Å²) >= 11 is 1.18. The second-order valence-corrected chi connectivity index (χ2v) is 7.76. The van der Waals surface area contributed by atoms with Crippen LogP contribution in [-0.4, -0.2) is 18.0 Å². The van der Waals surface area contributed by atoms with E-state index in [9.17, 15) is 9.90 Å². The number of thioether (sulfide) groups is 1. The molecule has 3 aromatic carbocycles. The predicted octanol–water partition coefficient (Wildman–Crippen LogP) is 5.45. The summed E-state index contributed by atoms with van der Waals surface area (Å²) in [6.45, 7) is 0. The fraction of sp³-hybridized carbons (Fsp3) is 0.125. The van der Waals surface area contributed by atoms with Crippen molar-refractivity contribution in [2.75, 3.05) is 7.11 Å². The van der Waals surface area contributed by atoms with Crippen LogP contribution >= 0.6 is 11.8 Å². The van der Waals surface area contributed by atoms with E-state index in [0.717, 1.165) is 16.0 Å². The first-order chi connectivity index (χ1) is 14.1. The Labute approximate surface area is 173 Å². The molecule has 0 bridgehead atoms. The number of benzene rings is 3. The summed E-state index contributed by atoms with van der Waals surface area (Å²) in [4.78, 5) is 14.2. The van der Waals surface area contributed by atoms with Crippen LogP contribution < -0.4 is 4.74 Å². The summed E-state index contributed by atoms with van der Waals surface area (Å²) in [5.74, 6) is 0.151. The first kappa shape index (κ1) is 19.2. The highest BCUT2D eigenvalue weighted by atomic mass is 32.2. The maximum Gasteiger partial charge on any atom is 0.296 e. The van der Waals surface area contributed by atoms with Gasteiger partial charge in [-0.25, -0.2) is 0 Å². The molecule has 4 rings (SSSR count). The zero-order valence-electron chi connectivity index (χ0n) is 15.9. The van der Waals surface area contributed by atoms with Crippen molar-refractivity contribution in [1.29, 1.82) is 0 Å². The molecule has 0 saturated heterocycles. The van der Waals surface area contributed by atoms with E-state index in [2.05, 4.69) is 0 Å². The number of carbonyl (C=O) groups is 1. The van der Waals surface area contributed by atoms with Crippen molar-refractivity contribution in [3.05, 3.63) is 107 Å². The van der Waals surface area contributed by atoms with Gasteiger partial charge < -0.3 is 14.6 Å². The molecule has 0 saturated carbocycles. The van der Waals surface area contributed by atoms with Crippen molar-refractivity contribution < 1.29 is 19.4 Å². The third-order valence-electron chi connectivity index (χ3n) is 4.87. The van der Waals surface area contributed by atoms with E-state index in [-0.39, 0.29) is 23.1 Å². The molecule has 5 heteroatoms. The smallest absolute Gasteiger partial charge is 0.296 e. The maximum atomic E-state index is 13.2. The summed E-state index contributed by atoms with van der Waals surface area (Å²) in [7, 11) is 1.59. The Kier molecular flexibility index (Phi) is 5.32. The topological polar surface area (TPSA) is 55.8 Å². The number of ketones is 1. The Hall–Kier alpha value is -3.18. The van der Waals surface area contributed by atoms with Crippen molar-refractivity contribution in [2.45, 2.75) is 16.9 Å². The van der Waals surface area contributed by atoms with Crippen LogP contribution in [0, 0.1) is 0 Å². The van der Waals surface area contributed by atoms with E-state index in [1.807, 2.05) is 84.9 Å². The highest BCUT2D eigenvalue weighted by molar-refractivity contribution is 8.04. The second kappa shape index (κ2) is 8.05. The summed E-state index contributed by atoms with van der Waals surface area (Å²) in [6.07, 6.45) is 0.0946. The summed E-state index contributed by atoms with van der Waals surface area (Å²) in [6, 6.07) is 26.4. The van der Waals surface area contributed by atoms with Gasteiger partial charge in [0.05, 0.1) is 13.5 Å². The van der Waals surface area contributed by atoms with Crippen molar-refractivity contribution >= 4 is 17.5 Å². The number of hydrogen-bond acceptors (Lipinski definition) is 5. The molecule has 0 aliphatic carbocycles. The SMILES string of the molecule is COc1cccc(SC2=C(O)OC(c3ccccc3)(c3ccccc3)CC2=O)c1. The average molecular weight is 404 g/mol. The maximum absolute atomic E-state index is 13.2. The molecular formula is C24H20O4S. The average Bonchev–Trinajstić information content (AvgIpc) is 2.77. The molecule has 1 N–H and O–H groups in total. The summed E-state index contributed by atoms with van der Waals surface area (Å²) < 4.78 is 11.4. The van der Waals surface area contributed by atoms with Gasteiger partial charge in [-0.2, -0.15) is 0 Å². The lowest BCUT2D eigenvalue weighted by atomic mass is 9.81. The lowest BCUT2D eigenvalue weighted by Crippen LogP contribution is -2.38. The van der Waals surface area contributed by atoms with Gasteiger partial charge in [-0.1, -0.05) is 78.5 Å². The Balaban J connectivity index is 1.75. The molecule has 0 unspecified atom stereocenters. The van der Waals surface area contributed by atoms with Gasteiger partial charge in [0.1, 0.15) is 10.7 Å². The first-order valence-electron chi connectivity index (χ1n) is 9.21. The normalized spacial score (nSPS) is 15.7. The third kappa shape index (κ3) is 3.74. The van der Waals surface area contributed by atoms with Gasteiger partial charge in [-0.05, 0) is 18.2 Å². The minimum atomic E-state index is -1.07. The number of allylic oxidation sites excluding steroid dienone is 1. The van der Waals surface area contributed by atoms with E-state index in [0.29, 0.717) is 5.75 Å². The molecule has 0 atom stereocenters. The van der Waals surface area contributed by atoms with Crippen LogP contribution in [0.15, 0.2) is 101 Å². The summed E-state index contributed by atoms with van der Waals surface area (Å²) in [5, 5.41) is 10.8. The fourth-order valence-electron chi connectivity index (χ4n) is 3.46. The highest BCUT2D eigenvalue weighted by Gasteiger charge is 2.45. The monoisotopic (exact) mass is 404 g/mol. The number of rotatable bonds is 5. The second-order valence-electron chi connectivity index (χ2n) is 6.68. The molecule has 146 valence electrons. The molecule has 1 heterocycles. The van der Waals surface area contributed by atoms with Crippen LogP contribution in [0.3, 0.4) is 0 Å². The van der Waals surface area contributed by atoms with E-state index in [1.165, 1.54) is 11.8 Å². The van der Waals surface area contributed by atoms with Crippen molar-refractivity contribution in [3.63, 3.8) is 0 Å². The highest BCUT2D eigenvalue weighted by Crippen LogP contribution is 2.46. The molecule has 1 aliphatic heterocycles. The van der Waals surface area contributed by atoms with Crippen LogP contribution in [-0.2, 0) is 15.1 Å². The Bertz CT molecular complexity index is 1010. The number of methoxy groups -OCH3 is 1. The minimum Gasteiger partial charge on any atom is -0.497 e. The molecule has 3 aromatic rings. The van der Waals surface area contributed by atoms with Crippen LogP contribution in [0.25, 0.3) is 0 Å². The zero-order chi connectivity index (χ0) is 20.3. The molecule has 0 radical (unpaired) electrons. The largest absolute Gasteiger partial charge is 0.497 e. The predicted molar refractivity (Wildman–Crippen MR) is 113 cm³/mol. The number of ether oxygens (including phenoxy) is 2.